The van der Waals surface area contributed by atoms with Gasteiger partial charge in [-0.2, -0.15) is 0 Å². The van der Waals surface area contributed by atoms with E-state index in [1.54, 1.807) is 0 Å². The number of benzene rings is 9. The summed E-state index contributed by atoms with van der Waals surface area (Å²) in [4.78, 5) is 0. The van der Waals surface area contributed by atoms with Gasteiger partial charge in [0.05, 0.1) is 0 Å². The molecule has 0 amide bonds. The zero-order chi connectivity index (χ0) is 78.5. The number of phenols is 3. The van der Waals surface area contributed by atoms with Crippen molar-refractivity contribution in [3.05, 3.63) is 283 Å². The van der Waals surface area contributed by atoms with Gasteiger partial charge in [0.1, 0.15) is 17.2 Å². The van der Waals surface area contributed by atoms with Gasteiger partial charge in [-0.3, -0.25) is 0 Å². The van der Waals surface area contributed by atoms with E-state index in [1.807, 2.05) is 0 Å². The molecule has 0 aliphatic carbocycles. The van der Waals surface area contributed by atoms with Gasteiger partial charge in [0.25, 0.3) is 0 Å². The molecule has 6 nitrogen and oxygen atoms in total. The van der Waals surface area contributed by atoms with Gasteiger partial charge in [-0.15, -0.1) is 0 Å². The second kappa shape index (κ2) is 35.2. The number of anilines is 3. The van der Waals surface area contributed by atoms with Crippen molar-refractivity contribution in [2.75, 3.05) is 16.0 Å². The molecule has 9 aromatic carbocycles. The van der Waals surface area contributed by atoms with Gasteiger partial charge in [0.15, 0.2) is 0 Å². The van der Waals surface area contributed by atoms with Crippen LogP contribution in [-0.2, 0) is 84.2 Å². The SMILES string of the molecule is CC(C)(C)c1cc(CNc2ccc(Cc3ccccc3)cc2)cc(C(C)(C)C)c1O.CC(Cc1ccc(Cc2ccc(NCc3cc(C(C)(C)C)c(O)c(C(C)(C)C)c3)cc2)cc1)CC(C)(C)C.CC(Cc1ccc(Cc2ccc(NCc3cc(C(C)(C)C)c(O)c(C(C)(C)C)c3)cc2)cc1)CC(C)(C)C. The summed E-state index contributed by atoms with van der Waals surface area (Å²) in [6.45, 7) is 59.7. The van der Waals surface area contributed by atoms with Gasteiger partial charge in [-0.25, -0.2) is 0 Å². The molecule has 0 bridgehead atoms. The van der Waals surface area contributed by atoms with Crippen molar-refractivity contribution >= 4 is 17.1 Å². The molecule has 570 valence electrons. The molecular formula is C100H137N3O3. The lowest BCUT2D eigenvalue weighted by Crippen LogP contribution is -2.18. The average Bonchev–Trinajstić information content (AvgIpc) is 0.783. The van der Waals surface area contributed by atoms with Crippen molar-refractivity contribution in [3.63, 3.8) is 0 Å². The van der Waals surface area contributed by atoms with Gasteiger partial charge < -0.3 is 31.3 Å². The number of hydrogen-bond acceptors (Lipinski definition) is 6. The maximum atomic E-state index is 11.0. The first-order chi connectivity index (χ1) is 49.1. The van der Waals surface area contributed by atoms with Crippen LogP contribution in [0.5, 0.6) is 17.2 Å². The smallest absolute Gasteiger partial charge is 0.123 e. The molecule has 9 aromatic rings. The maximum Gasteiger partial charge on any atom is 0.123 e. The van der Waals surface area contributed by atoms with Crippen LogP contribution in [0.4, 0.5) is 17.1 Å². The standard InChI is InChI=1S/2C36H51NO.C28H35NO/c2*1-25(23-34(2,3)4)19-26-11-13-27(14-12-26)20-28-15-17-30(18-16-28)37-24-29-21-31(35(5,6)7)33(38)32(22-29)36(8,9)10;1-27(2,3)24-17-22(18-25(26(24)30)28(4,5)6)19-29-23-14-12-21(13-15-23)16-20-10-8-7-9-11-20/h2*11-18,21-22,25,37-38H,19-20,23-24H2,1-10H3;7-15,17-18,29-30H,16,19H2,1-6H3. The normalized spacial score (nSPS) is 13.0. The van der Waals surface area contributed by atoms with Crippen LogP contribution < -0.4 is 16.0 Å². The largest absolute Gasteiger partial charge is 0.507 e. The molecule has 0 radical (unpaired) electrons. The number of phenolic OH excluding ortho intramolecular Hbond substituents is 3. The zero-order valence-electron chi connectivity index (χ0n) is 70.5. The Morgan fingerprint density at radius 2 is 0.434 bits per heavy atom. The molecule has 9 rings (SSSR count). The Bertz CT molecular complexity index is 3920. The number of hydrogen-bond donors (Lipinski definition) is 6. The Labute approximate surface area is 644 Å². The van der Waals surface area contributed by atoms with E-state index in [4.69, 9.17) is 0 Å². The van der Waals surface area contributed by atoms with Crippen LogP contribution in [0.3, 0.4) is 0 Å². The zero-order valence-corrected chi connectivity index (χ0v) is 70.5. The number of nitrogens with one attached hydrogen (secondary N) is 3. The predicted molar refractivity (Wildman–Crippen MR) is 459 cm³/mol. The van der Waals surface area contributed by atoms with E-state index in [9.17, 15) is 15.3 Å². The highest BCUT2D eigenvalue weighted by atomic mass is 16.3. The molecule has 0 fully saturated rings. The summed E-state index contributed by atoms with van der Waals surface area (Å²) in [5, 5.41) is 43.6. The summed E-state index contributed by atoms with van der Waals surface area (Å²) in [6.07, 6.45) is 7.62. The van der Waals surface area contributed by atoms with Crippen molar-refractivity contribution in [3.8, 4) is 17.2 Å². The lowest BCUT2D eigenvalue weighted by atomic mass is 9.78. The van der Waals surface area contributed by atoms with Crippen LogP contribution in [0.15, 0.2) is 188 Å². The summed E-state index contributed by atoms with van der Waals surface area (Å²) in [7, 11) is 0. The minimum atomic E-state index is -0.120. The Balaban J connectivity index is 0.000000224. The van der Waals surface area contributed by atoms with Gasteiger partial charge in [-0.1, -0.05) is 295 Å². The second-order valence-corrected chi connectivity index (χ2v) is 39.6. The third kappa shape index (κ3) is 26.9. The minimum Gasteiger partial charge on any atom is -0.507 e. The van der Waals surface area contributed by atoms with Crippen LogP contribution >= 0.6 is 0 Å². The molecule has 0 aliphatic rings. The summed E-state index contributed by atoms with van der Waals surface area (Å²) >= 11 is 0. The van der Waals surface area contributed by atoms with Crippen LogP contribution in [0.25, 0.3) is 0 Å². The van der Waals surface area contributed by atoms with Gasteiger partial charge in [0, 0.05) is 36.7 Å². The molecule has 0 heterocycles. The third-order valence-electron chi connectivity index (χ3n) is 19.9. The van der Waals surface area contributed by atoms with Crippen molar-refractivity contribution in [2.45, 2.75) is 277 Å². The van der Waals surface area contributed by atoms with Crippen molar-refractivity contribution in [1.29, 1.82) is 0 Å². The molecule has 0 aliphatic heterocycles. The van der Waals surface area contributed by atoms with Gasteiger partial charge in [-0.05, 0) is 267 Å². The van der Waals surface area contributed by atoms with Crippen molar-refractivity contribution in [1.82, 2.24) is 0 Å². The first-order valence-electron chi connectivity index (χ1n) is 39.3. The molecule has 0 aromatic heterocycles. The highest BCUT2D eigenvalue weighted by Crippen LogP contribution is 2.44. The first-order valence-corrected chi connectivity index (χ1v) is 39.3. The molecule has 0 spiro atoms. The Morgan fingerprint density at radius 3 is 0.632 bits per heavy atom. The van der Waals surface area contributed by atoms with E-state index in [0.717, 1.165) is 102 Å². The van der Waals surface area contributed by atoms with Crippen LogP contribution in [0.1, 0.15) is 287 Å². The maximum absolute atomic E-state index is 11.0. The number of aromatic hydroxyl groups is 3. The molecule has 6 N–H and O–H groups in total. The van der Waals surface area contributed by atoms with E-state index < -0.39 is 0 Å². The molecule has 2 unspecified atom stereocenters. The lowest BCUT2D eigenvalue weighted by molar-refractivity contribution is 0.306. The fraction of sp³-hybridized carbons (Fsp3) is 0.460. The topological polar surface area (TPSA) is 96.8 Å². The highest BCUT2D eigenvalue weighted by molar-refractivity contribution is 5.56. The number of rotatable bonds is 21. The molecular weight excluding hydrogens is 1290 g/mol. The minimum absolute atomic E-state index is 0.112. The summed E-state index contributed by atoms with van der Waals surface area (Å²) in [5.41, 5.74) is 23.8. The van der Waals surface area contributed by atoms with E-state index >= 15 is 0 Å². The van der Waals surface area contributed by atoms with Crippen LogP contribution in [0.2, 0.25) is 0 Å². The van der Waals surface area contributed by atoms with E-state index in [-0.39, 0.29) is 32.5 Å². The lowest BCUT2D eigenvalue weighted by Gasteiger charge is -2.28. The molecule has 0 saturated heterocycles. The van der Waals surface area contributed by atoms with Gasteiger partial charge >= 0.3 is 0 Å². The van der Waals surface area contributed by atoms with Crippen LogP contribution in [0, 0.1) is 22.7 Å². The summed E-state index contributed by atoms with van der Waals surface area (Å²) < 4.78 is 0. The van der Waals surface area contributed by atoms with Crippen molar-refractivity contribution < 1.29 is 15.3 Å². The van der Waals surface area contributed by atoms with E-state index in [1.165, 1.54) is 74.0 Å². The van der Waals surface area contributed by atoms with E-state index in [2.05, 4.69) is 384 Å². The summed E-state index contributed by atoms with van der Waals surface area (Å²) in [6, 6.07) is 68.1. The van der Waals surface area contributed by atoms with Crippen LogP contribution in [-0.4, -0.2) is 15.3 Å². The molecule has 106 heavy (non-hydrogen) atoms. The molecule has 0 saturated carbocycles. The molecule has 6 heteroatoms. The highest BCUT2D eigenvalue weighted by Gasteiger charge is 2.30. The monoisotopic (exact) mass is 1430 g/mol. The molecule has 2 atom stereocenters. The van der Waals surface area contributed by atoms with E-state index in [0.29, 0.717) is 39.9 Å². The third-order valence-corrected chi connectivity index (χ3v) is 19.9. The van der Waals surface area contributed by atoms with Crippen molar-refractivity contribution in [2.24, 2.45) is 22.7 Å². The van der Waals surface area contributed by atoms with Gasteiger partial charge in [0.2, 0.25) is 0 Å². The quantitative estimate of drug-likeness (QED) is 0.0429. The first kappa shape index (κ1) is 85.0. The Kier molecular flexibility index (Phi) is 28.3. The fourth-order valence-corrected chi connectivity index (χ4v) is 14.6. The fourth-order valence-electron chi connectivity index (χ4n) is 14.6. The average molecular weight is 1430 g/mol. The predicted octanol–water partition coefficient (Wildman–Crippen LogP) is 26.8. The summed E-state index contributed by atoms with van der Waals surface area (Å²) in [5.74, 6) is 2.70. The Hall–Kier alpha value is -8.22. The second-order valence-electron chi connectivity index (χ2n) is 39.6. The Morgan fingerprint density at radius 1 is 0.245 bits per heavy atom.